The van der Waals surface area contributed by atoms with Crippen LogP contribution >= 0.6 is 0 Å². The molecule has 1 saturated heterocycles. The van der Waals surface area contributed by atoms with Gasteiger partial charge in [0.1, 0.15) is 22.5 Å². The van der Waals surface area contributed by atoms with Crippen molar-refractivity contribution in [1.29, 1.82) is 0 Å². The molecule has 2 amide bonds. The normalized spacial score (nSPS) is 14.9. The topological polar surface area (TPSA) is 110 Å². The number of aromatic nitrogens is 2. The van der Waals surface area contributed by atoms with Crippen LogP contribution in [0, 0.1) is 5.41 Å². The van der Waals surface area contributed by atoms with Crippen molar-refractivity contribution in [2.24, 2.45) is 5.41 Å². The number of rotatable bonds is 4. The second-order valence-electron chi connectivity index (χ2n) is 10.9. The molecule has 10 heteroatoms. The Labute approximate surface area is 210 Å². The number of anilines is 2. The number of nitrogens with zero attached hydrogens (tertiary/aromatic N) is 4. The molecule has 2 aromatic heterocycles. The van der Waals surface area contributed by atoms with Crippen LogP contribution in [-0.2, 0) is 9.53 Å². The number of furan rings is 1. The van der Waals surface area contributed by atoms with Crippen molar-refractivity contribution in [3.05, 3.63) is 18.2 Å². The highest BCUT2D eigenvalue weighted by molar-refractivity contribution is 6.07. The minimum atomic E-state index is -0.613. The van der Waals surface area contributed by atoms with Crippen LogP contribution < -0.4 is 15.0 Å². The maximum atomic E-state index is 12.7. The number of fused-ring (bicyclic) bond motifs is 3. The van der Waals surface area contributed by atoms with Gasteiger partial charge < -0.3 is 23.7 Å². The Morgan fingerprint density at radius 3 is 2.36 bits per heavy atom. The van der Waals surface area contributed by atoms with Gasteiger partial charge in [0.25, 0.3) is 0 Å². The van der Waals surface area contributed by atoms with Gasteiger partial charge in [0.2, 0.25) is 11.9 Å². The fraction of sp³-hybridized carbons (Fsp3) is 0.538. The predicted octanol–water partition coefficient (Wildman–Crippen LogP) is 4.82. The molecule has 3 heterocycles. The Kier molecular flexibility index (Phi) is 6.72. The minimum absolute atomic E-state index is 0.189. The average molecular weight is 498 g/mol. The van der Waals surface area contributed by atoms with E-state index in [2.05, 4.69) is 15.3 Å². The number of piperazine rings is 1. The summed E-state index contributed by atoms with van der Waals surface area (Å²) in [4.78, 5) is 38.3. The zero-order valence-electron chi connectivity index (χ0n) is 22.1. The molecule has 0 spiro atoms. The third-order valence-electron chi connectivity index (χ3n) is 5.71. The number of carbonyl (C=O) groups is 2. The summed E-state index contributed by atoms with van der Waals surface area (Å²) in [6.07, 6.45) is -0.333. The first kappa shape index (κ1) is 25.5. The zero-order chi connectivity index (χ0) is 26.3. The van der Waals surface area contributed by atoms with Gasteiger partial charge in [-0.1, -0.05) is 20.8 Å². The fourth-order valence-electron chi connectivity index (χ4n) is 3.85. The van der Waals surface area contributed by atoms with Gasteiger partial charge in [-0.05, 0) is 45.9 Å². The van der Waals surface area contributed by atoms with Crippen molar-refractivity contribution < 1.29 is 23.5 Å². The van der Waals surface area contributed by atoms with E-state index in [1.54, 1.807) is 4.90 Å². The fourth-order valence-corrected chi connectivity index (χ4v) is 3.85. The minimum Gasteiger partial charge on any atom is -0.494 e. The molecule has 1 aliphatic rings. The summed E-state index contributed by atoms with van der Waals surface area (Å²) in [6.45, 7) is 15.5. The van der Waals surface area contributed by atoms with Gasteiger partial charge in [-0.3, -0.25) is 10.1 Å². The van der Waals surface area contributed by atoms with E-state index in [1.165, 1.54) is 0 Å². The maximum Gasteiger partial charge on any atom is 0.410 e. The number of amides is 2. The summed E-state index contributed by atoms with van der Waals surface area (Å²) < 4.78 is 17.4. The monoisotopic (exact) mass is 497 g/mol. The number of hydrogen-bond acceptors (Lipinski definition) is 8. The molecule has 1 N–H and O–H groups in total. The average Bonchev–Trinajstić information content (AvgIpc) is 3.15. The van der Waals surface area contributed by atoms with Crippen molar-refractivity contribution in [1.82, 2.24) is 14.9 Å². The van der Waals surface area contributed by atoms with E-state index in [0.717, 1.165) is 5.39 Å². The van der Waals surface area contributed by atoms with Crippen LogP contribution in [0.5, 0.6) is 5.75 Å². The van der Waals surface area contributed by atoms with E-state index in [-0.39, 0.29) is 17.9 Å². The smallest absolute Gasteiger partial charge is 0.410 e. The van der Waals surface area contributed by atoms with Crippen molar-refractivity contribution in [2.75, 3.05) is 43.0 Å². The molecule has 4 rings (SSSR count). The SMILES string of the molecule is CCOc1ccc2oc3c(N4CCN(C(=O)OC(C)(C)C)CC4)nc(NC(=O)C(C)(C)C)nc3c2c1. The number of ether oxygens (including phenoxy) is 2. The summed E-state index contributed by atoms with van der Waals surface area (Å²) in [5.74, 6) is 1.29. The standard InChI is InChI=1S/C26H35N5O5/c1-8-34-16-9-10-18-17(15-16)19-20(35-18)21(28-23(27-19)29-22(32)25(2,3)4)30-11-13-31(14-12-30)24(33)36-26(5,6)7/h9-10,15H,8,11-14H2,1-7H3,(H,27,28,29,32). The van der Waals surface area contributed by atoms with E-state index < -0.39 is 11.0 Å². The highest BCUT2D eigenvalue weighted by Crippen LogP contribution is 2.36. The van der Waals surface area contributed by atoms with Gasteiger partial charge >= 0.3 is 6.09 Å². The van der Waals surface area contributed by atoms with Crippen molar-refractivity contribution in [3.63, 3.8) is 0 Å². The van der Waals surface area contributed by atoms with E-state index in [4.69, 9.17) is 13.9 Å². The highest BCUT2D eigenvalue weighted by Gasteiger charge is 2.29. The molecule has 3 aromatic rings. The molecule has 36 heavy (non-hydrogen) atoms. The molecule has 10 nitrogen and oxygen atoms in total. The largest absolute Gasteiger partial charge is 0.494 e. The first-order valence-electron chi connectivity index (χ1n) is 12.3. The second kappa shape index (κ2) is 9.48. The van der Waals surface area contributed by atoms with Gasteiger partial charge in [0, 0.05) is 31.6 Å². The lowest BCUT2D eigenvalue weighted by atomic mass is 9.96. The van der Waals surface area contributed by atoms with Gasteiger partial charge in [-0.25, -0.2) is 9.78 Å². The van der Waals surface area contributed by atoms with Crippen LogP contribution in [0.25, 0.3) is 22.1 Å². The summed E-state index contributed by atoms with van der Waals surface area (Å²) in [5.41, 5.74) is 0.601. The van der Waals surface area contributed by atoms with E-state index in [0.29, 0.717) is 61.0 Å². The summed E-state index contributed by atoms with van der Waals surface area (Å²) in [6, 6.07) is 5.58. The van der Waals surface area contributed by atoms with E-state index in [9.17, 15) is 9.59 Å². The van der Waals surface area contributed by atoms with Gasteiger partial charge in [0.15, 0.2) is 11.4 Å². The van der Waals surface area contributed by atoms with E-state index >= 15 is 0 Å². The van der Waals surface area contributed by atoms with Crippen LogP contribution in [0.15, 0.2) is 22.6 Å². The Balaban J connectivity index is 1.71. The lowest BCUT2D eigenvalue weighted by Gasteiger charge is -2.36. The Morgan fingerprint density at radius 1 is 1.06 bits per heavy atom. The van der Waals surface area contributed by atoms with Crippen molar-refractivity contribution >= 4 is 45.8 Å². The Morgan fingerprint density at radius 2 is 1.75 bits per heavy atom. The third kappa shape index (κ3) is 5.47. The van der Waals surface area contributed by atoms with E-state index in [1.807, 2.05) is 71.6 Å². The molecule has 0 unspecified atom stereocenters. The lowest BCUT2D eigenvalue weighted by Crippen LogP contribution is -2.50. The number of benzene rings is 1. The van der Waals surface area contributed by atoms with Crippen molar-refractivity contribution in [2.45, 2.75) is 54.1 Å². The molecule has 194 valence electrons. The maximum absolute atomic E-state index is 12.7. The number of carbonyl (C=O) groups excluding carboxylic acids is 2. The van der Waals surface area contributed by atoms with Crippen LogP contribution in [0.1, 0.15) is 48.5 Å². The Bertz CT molecular complexity index is 1280. The first-order chi connectivity index (χ1) is 16.9. The van der Waals surface area contributed by atoms with Gasteiger partial charge in [-0.2, -0.15) is 4.98 Å². The van der Waals surface area contributed by atoms with Crippen LogP contribution in [0.2, 0.25) is 0 Å². The van der Waals surface area contributed by atoms with Crippen LogP contribution in [-0.4, -0.2) is 65.3 Å². The van der Waals surface area contributed by atoms with Crippen molar-refractivity contribution in [3.8, 4) is 5.75 Å². The van der Waals surface area contributed by atoms with Gasteiger partial charge in [0.05, 0.1) is 12.0 Å². The second-order valence-corrected chi connectivity index (χ2v) is 10.9. The third-order valence-corrected chi connectivity index (χ3v) is 5.71. The summed E-state index contributed by atoms with van der Waals surface area (Å²) in [7, 11) is 0. The molecule has 0 radical (unpaired) electrons. The zero-order valence-corrected chi connectivity index (χ0v) is 22.1. The molecular formula is C26H35N5O5. The first-order valence-corrected chi connectivity index (χ1v) is 12.3. The molecule has 0 bridgehead atoms. The van der Waals surface area contributed by atoms with Crippen LogP contribution in [0.4, 0.5) is 16.6 Å². The molecular weight excluding hydrogens is 462 g/mol. The molecule has 0 aliphatic carbocycles. The molecule has 0 atom stereocenters. The summed E-state index contributed by atoms with van der Waals surface area (Å²) >= 11 is 0. The number of nitrogens with one attached hydrogen (secondary N) is 1. The summed E-state index contributed by atoms with van der Waals surface area (Å²) in [5, 5.41) is 3.63. The van der Waals surface area contributed by atoms with Gasteiger partial charge in [-0.15, -0.1) is 0 Å². The molecule has 1 aliphatic heterocycles. The lowest BCUT2D eigenvalue weighted by molar-refractivity contribution is -0.123. The Hall–Kier alpha value is -3.56. The predicted molar refractivity (Wildman–Crippen MR) is 139 cm³/mol. The quantitative estimate of drug-likeness (QED) is 0.546. The molecule has 0 saturated carbocycles. The highest BCUT2D eigenvalue weighted by atomic mass is 16.6. The molecule has 1 aromatic carbocycles. The molecule has 1 fully saturated rings. The van der Waals surface area contributed by atoms with Crippen LogP contribution in [0.3, 0.4) is 0 Å². The number of hydrogen-bond donors (Lipinski definition) is 1.